The van der Waals surface area contributed by atoms with Gasteiger partial charge in [-0.3, -0.25) is 0 Å². The fourth-order valence-electron chi connectivity index (χ4n) is 3.18. The zero-order valence-electron chi connectivity index (χ0n) is 16.0. The average Bonchev–Trinajstić information content (AvgIpc) is 2.98. The molecule has 1 rings (SSSR count). The molecular formula is C15H13F13O6. The van der Waals surface area contributed by atoms with Crippen LogP contribution in [0.15, 0.2) is 0 Å². The number of rotatable bonds is 9. The molecule has 0 radical (unpaired) electrons. The third-order valence-corrected chi connectivity index (χ3v) is 4.93. The van der Waals surface area contributed by atoms with Crippen molar-refractivity contribution in [1.29, 1.82) is 0 Å². The summed E-state index contributed by atoms with van der Waals surface area (Å²) in [6.45, 7) is 0. The highest BCUT2D eigenvalue weighted by molar-refractivity contribution is 5.58. The Labute approximate surface area is 179 Å². The van der Waals surface area contributed by atoms with Crippen LogP contribution in [0.25, 0.3) is 0 Å². The molecule has 0 bridgehead atoms. The van der Waals surface area contributed by atoms with E-state index in [9.17, 15) is 66.7 Å². The Balaban J connectivity index is 3.17. The van der Waals surface area contributed by atoms with Crippen LogP contribution in [0.4, 0.5) is 66.7 Å². The summed E-state index contributed by atoms with van der Waals surface area (Å²) in [6, 6.07) is 0. The lowest BCUT2D eigenvalue weighted by Crippen LogP contribution is -2.70. The molecule has 1 aliphatic rings. The largest absolute Gasteiger partial charge is 0.506 e. The van der Waals surface area contributed by atoms with Crippen LogP contribution >= 0.6 is 0 Å². The van der Waals surface area contributed by atoms with Crippen molar-refractivity contribution in [2.45, 2.75) is 73.7 Å². The Morgan fingerprint density at radius 1 is 0.676 bits per heavy atom. The van der Waals surface area contributed by atoms with Crippen LogP contribution in [0.1, 0.15) is 25.7 Å². The monoisotopic (exact) mass is 536 g/mol. The van der Waals surface area contributed by atoms with Gasteiger partial charge in [-0.05, 0) is 18.8 Å². The predicted molar refractivity (Wildman–Crippen MR) is 78.5 cm³/mol. The van der Waals surface area contributed by atoms with Crippen molar-refractivity contribution >= 4 is 12.3 Å². The van der Waals surface area contributed by atoms with Crippen LogP contribution in [0.2, 0.25) is 0 Å². The summed E-state index contributed by atoms with van der Waals surface area (Å²) in [5.41, 5.74) is 0. The van der Waals surface area contributed by atoms with Gasteiger partial charge in [0.1, 0.15) is 12.2 Å². The molecule has 0 spiro atoms. The molecule has 3 unspecified atom stereocenters. The van der Waals surface area contributed by atoms with Crippen LogP contribution in [0.3, 0.4) is 0 Å². The van der Waals surface area contributed by atoms with Crippen molar-refractivity contribution in [2.24, 2.45) is 5.92 Å². The Hall–Kier alpha value is -2.37. The smallest absolute Gasteiger partial charge is 0.450 e. The summed E-state index contributed by atoms with van der Waals surface area (Å²) in [5, 5.41) is 17.1. The third kappa shape index (κ3) is 5.16. The van der Waals surface area contributed by atoms with Crippen LogP contribution in [-0.2, 0) is 9.47 Å². The molecular weight excluding hydrogens is 523 g/mol. The maximum absolute atomic E-state index is 13.9. The summed E-state index contributed by atoms with van der Waals surface area (Å²) >= 11 is 0. The highest BCUT2D eigenvalue weighted by Crippen LogP contribution is 2.61. The second kappa shape index (κ2) is 9.01. The first kappa shape index (κ1) is 29.7. The summed E-state index contributed by atoms with van der Waals surface area (Å²) in [5.74, 6) is -39.2. The van der Waals surface area contributed by atoms with Crippen molar-refractivity contribution in [3.05, 3.63) is 0 Å². The summed E-state index contributed by atoms with van der Waals surface area (Å²) in [4.78, 5) is 21.1. The number of carbonyl (C=O) groups is 2. The first-order valence-electron chi connectivity index (χ1n) is 8.67. The van der Waals surface area contributed by atoms with Gasteiger partial charge in [-0.2, -0.15) is 57.1 Å². The van der Waals surface area contributed by atoms with E-state index in [-0.39, 0.29) is 0 Å². The molecule has 0 saturated heterocycles. The molecule has 0 aliphatic heterocycles. The summed E-state index contributed by atoms with van der Waals surface area (Å²) < 4.78 is 179. The molecule has 0 heterocycles. The molecule has 0 aromatic rings. The maximum atomic E-state index is 13.9. The van der Waals surface area contributed by atoms with Crippen LogP contribution < -0.4 is 0 Å². The van der Waals surface area contributed by atoms with E-state index in [1.807, 2.05) is 0 Å². The first-order valence-corrected chi connectivity index (χ1v) is 8.67. The number of halogens is 13. The van der Waals surface area contributed by atoms with Crippen LogP contribution in [0.5, 0.6) is 0 Å². The molecule has 0 aromatic heterocycles. The Bertz CT molecular complexity index is 766. The molecule has 3 atom stereocenters. The number of alkyl halides is 13. The molecule has 1 aliphatic carbocycles. The molecule has 0 amide bonds. The van der Waals surface area contributed by atoms with Crippen molar-refractivity contribution in [1.82, 2.24) is 0 Å². The van der Waals surface area contributed by atoms with E-state index in [4.69, 9.17) is 10.2 Å². The van der Waals surface area contributed by atoms with Crippen molar-refractivity contribution in [3.63, 3.8) is 0 Å². The summed E-state index contributed by atoms with van der Waals surface area (Å²) in [6.07, 6.45) is -20.0. The van der Waals surface area contributed by atoms with Gasteiger partial charge in [0.05, 0.1) is 0 Å². The lowest BCUT2D eigenvalue weighted by atomic mass is 9.89. The van der Waals surface area contributed by atoms with Gasteiger partial charge in [0.15, 0.2) is 0 Å². The van der Waals surface area contributed by atoms with Crippen molar-refractivity contribution in [2.75, 3.05) is 0 Å². The van der Waals surface area contributed by atoms with Gasteiger partial charge < -0.3 is 19.7 Å². The number of carboxylic acid groups (broad SMARTS) is 2. The average molecular weight is 536 g/mol. The Kier molecular flexibility index (Phi) is 7.86. The second-order valence-corrected chi connectivity index (χ2v) is 7.20. The van der Waals surface area contributed by atoms with Crippen molar-refractivity contribution < 1.29 is 86.4 Å². The SMILES string of the molecule is O=C(O)OC1CC(CCC(F)(F)C(F)(F)C(F)(F)C(F)(F)C(F)(F)C(F)(F)F)C(OC(=O)O)C1. The molecule has 2 N–H and O–H groups in total. The number of ether oxygens (including phenoxy) is 2. The van der Waals surface area contributed by atoms with E-state index in [1.54, 1.807) is 0 Å². The predicted octanol–water partition coefficient (Wildman–Crippen LogP) is 6.04. The minimum atomic E-state index is -8.02. The lowest BCUT2D eigenvalue weighted by Gasteiger charge is -2.40. The topological polar surface area (TPSA) is 93.1 Å². The highest BCUT2D eigenvalue weighted by Gasteiger charge is 2.90. The quantitative estimate of drug-likeness (QED) is 0.276. The Morgan fingerprint density at radius 2 is 1.12 bits per heavy atom. The van der Waals surface area contributed by atoms with Gasteiger partial charge in [-0.1, -0.05) is 0 Å². The van der Waals surface area contributed by atoms with E-state index >= 15 is 0 Å². The van der Waals surface area contributed by atoms with Gasteiger partial charge in [0.2, 0.25) is 0 Å². The highest BCUT2D eigenvalue weighted by atomic mass is 19.4. The second-order valence-electron chi connectivity index (χ2n) is 7.20. The third-order valence-electron chi connectivity index (χ3n) is 4.93. The lowest BCUT2D eigenvalue weighted by molar-refractivity contribution is -0.440. The van der Waals surface area contributed by atoms with Crippen LogP contribution in [-0.4, -0.2) is 70.5 Å². The fourth-order valence-corrected chi connectivity index (χ4v) is 3.18. The zero-order valence-corrected chi connectivity index (χ0v) is 16.0. The number of hydrogen-bond donors (Lipinski definition) is 2. The molecule has 0 aromatic carbocycles. The van der Waals surface area contributed by atoms with Crippen molar-refractivity contribution in [3.8, 4) is 0 Å². The molecule has 6 nitrogen and oxygen atoms in total. The van der Waals surface area contributed by atoms with E-state index in [0.717, 1.165) is 0 Å². The fraction of sp³-hybridized carbons (Fsp3) is 0.867. The standard InChI is InChI=1S/C15H13F13O6/c16-10(17,2-1-5-3-6(33-8(29)30)4-7(5)34-9(31)32)11(18,19)12(20,21)13(22,23)14(24,25)15(26,27)28/h5-7H,1-4H2,(H,29,30)(H,31,32). The van der Waals surface area contributed by atoms with Gasteiger partial charge >= 0.3 is 48.1 Å². The molecule has 19 heteroatoms. The maximum Gasteiger partial charge on any atom is 0.506 e. The molecule has 200 valence electrons. The summed E-state index contributed by atoms with van der Waals surface area (Å²) in [7, 11) is 0. The first-order chi connectivity index (χ1) is 14.9. The van der Waals surface area contributed by atoms with Gasteiger partial charge in [0, 0.05) is 12.8 Å². The van der Waals surface area contributed by atoms with Gasteiger partial charge in [-0.15, -0.1) is 0 Å². The van der Waals surface area contributed by atoms with E-state index < -0.39 is 91.9 Å². The van der Waals surface area contributed by atoms with E-state index in [1.165, 1.54) is 0 Å². The zero-order chi connectivity index (χ0) is 27.1. The minimum absolute atomic E-state index is 0.642. The normalized spacial score (nSPS) is 23.0. The van der Waals surface area contributed by atoms with Gasteiger partial charge in [-0.25, -0.2) is 9.59 Å². The number of hydrogen-bond acceptors (Lipinski definition) is 4. The van der Waals surface area contributed by atoms with Gasteiger partial charge in [0.25, 0.3) is 0 Å². The molecule has 34 heavy (non-hydrogen) atoms. The minimum Gasteiger partial charge on any atom is -0.450 e. The Morgan fingerprint density at radius 3 is 1.53 bits per heavy atom. The molecule has 1 fully saturated rings. The van der Waals surface area contributed by atoms with Crippen LogP contribution in [0, 0.1) is 5.92 Å². The molecule has 1 saturated carbocycles. The van der Waals surface area contributed by atoms with E-state index in [2.05, 4.69) is 9.47 Å². The van der Waals surface area contributed by atoms with E-state index in [0.29, 0.717) is 0 Å².